The zero-order valence-corrected chi connectivity index (χ0v) is 13.6. The van der Waals surface area contributed by atoms with E-state index in [4.69, 9.17) is 5.73 Å². The lowest BCUT2D eigenvalue weighted by atomic mass is 9.98. The van der Waals surface area contributed by atoms with E-state index in [1.165, 1.54) is 11.3 Å². The maximum Gasteiger partial charge on any atom is 0.266 e. The predicted molar refractivity (Wildman–Crippen MR) is 97.6 cm³/mol. The number of thiophene rings is 1. The van der Waals surface area contributed by atoms with Crippen molar-refractivity contribution >= 4 is 32.3 Å². The number of phenols is 1. The highest BCUT2D eigenvalue weighted by Crippen LogP contribution is 2.39. The van der Waals surface area contributed by atoms with E-state index in [0.717, 1.165) is 22.0 Å². The van der Waals surface area contributed by atoms with Crippen LogP contribution in [-0.4, -0.2) is 21.6 Å². The first-order valence-corrected chi connectivity index (χ1v) is 8.47. The molecular weight excluding hydrogens is 322 g/mol. The van der Waals surface area contributed by atoms with Gasteiger partial charge in [0.15, 0.2) is 0 Å². The Kier molecular flexibility index (Phi) is 3.55. The molecule has 0 saturated carbocycles. The molecule has 4 aromatic rings. The predicted octanol–water partition coefficient (Wildman–Crippen LogP) is 3.01. The second kappa shape index (κ2) is 5.74. The van der Waals surface area contributed by atoms with Gasteiger partial charge in [-0.25, -0.2) is 0 Å². The molecule has 1 aromatic carbocycles. The van der Waals surface area contributed by atoms with E-state index < -0.39 is 0 Å². The van der Waals surface area contributed by atoms with E-state index in [9.17, 15) is 9.90 Å². The summed E-state index contributed by atoms with van der Waals surface area (Å²) < 4.78 is 0.655. The Labute approximate surface area is 141 Å². The molecule has 24 heavy (non-hydrogen) atoms. The van der Waals surface area contributed by atoms with Gasteiger partial charge in [0.05, 0.1) is 0 Å². The van der Waals surface area contributed by atoms with Crippen LogP contribution in [-0.2, 0) is 6.42 Å². The molecule has 0 aliphatic rings. The van der Waals surface area contributed by atoms with Gasteiger partial charge in [-0.1, -0.05) is 6.07 Å². The number of rotatable bonds is 3. The van der Waals surface area contributed by atoms with Crippen LogP contribution in [0.5, 0.6) is 5.75 Å². The molecule has 4 N–H and O–H groups in total. The molecule has 0 aliphatic carbocycles. The monoisotopic (exact) mass is 337 g/mol. The van der Waals surface area contributed by atoms with Crippen molar-refractivity contribution in [3.05, 3.63) is 58.0 Å². The SMILES string of the molecule is NCCc1ccc(-c2c(O)ccc3[nH]c(=O)c4sccc4c23)cn1. The van der Waals surface area contributed by atoms with Gasteiger partial charge in [-0.05, 0) is 36.2 Å². The molecular formula is C18H15N3O2S. The van der Waals surface area contributed by atoms with Crippen LogP contribution in [0.3, 0.4) is 0 Å². The first-order chi connectivity index (χ1) is 11.7. The van der Waals surface area contributed by atoms with Crippen molar-refractivity contribution in [2.45, 2.75) is 6.42 Å². The Balaban J connectivity index is 2.05. The Morgan fingerprint density at radius 2 is 2.08 bits per heavy atom. The molecule has 4 rings (SSSR count). The van der Waals surface area contributed by atoms with Gasteiger partial charge in [-0.15, -0.1) is 11.3 Å². The molecule has 0 fully saturated rings. The summed E-state index contributed by atoms with van der Waals surface area (Å²) in [5.74, 6) is 0.162. The van der Waals surface area contributed by atoms with Crippen LogP contribution in [0.1, 0.15) is 5.69 Å². The van der Waals surface area contributed by atoms with Crippen LogP contribution in [0.2, 0.25) is 0 Å². The van der Waals surface area contributed by atoms with Gasteiger partial charge in [-0.3, -0.25) is 9.78 Å². The fraction of sp³-hybridized carbons (Fsp3) is 0.111. The summed E-state index contributed by atoms with van der Waals surface area (Å²) in [5, 5.41) is 14.0. The Morgan fingerprint density at radius 3 is 2.83 bits per heavy atom. The van der Waals surface area contributed by atoms with Crippen LogP contribution in [0.15, 0.2) is 46.7 Å². The zero-order chi connectivity index (χ0) is 16.7. The highest BCUT2D eigenvalue weighted by molar-refractivity contribution is 7.17. The first-order valence-electron chi connectivity index (χ1n) is 7.59. The van der Waals surface area contributed by atoms with E-state index in [1.807, 2.05) is 23.6 Å². The van der Waals surface area contributed by atoms with Crippen molar-refractivity contribution in [3.8, 4) is 16.9 Å². The summed E-state index contributed by atoms with van der Waals surface area (Å²) in [6, 6.07) is 9.08. The molecule has 0 amide bonds. The van der Waals surface area contributed by atoms with Gasteiger partial charge >= 0.3 is 0 Å². The fourth-order valence-corrected chi connectivity index (χ4v) is 3.79. The number of aromatic nitrogens is 2. The molecule has 120 valence electrons. The fourth-order valence-electron chi connectivity index (χ4n) is 3.00. The molecule has 0 radical (unpaired) electrons. The number of fused-ring (bicyclic) bond motifs is 3. The number of aromatic hydroxyl groups is 1. The number of hydrogen-bond acceptors (Lipinski definition) is 5. The second-order valence-electron chi connectivity index (χ2n) is 5.58. The van der Waals surface area contributed by atoms with E-state index in [0.29, 0.717) is 28.7 Å². The van der Waals surface area contributed by atoms with Gasteiger partial charge in [0.1, 0.15) is 10.4 Å². The van der Waals surface area contributed by atoms with E-state index >= 15 is 0 Å². The topological polar surface area (TPSA) is 92.0 Å². The van der Waals surface area contributed by atoms with Crippen molar-refractivity contribution < 1.29 is 5.11 Å². The van der Waals surface area contributed by atoms with Crippen molar-refractivity contribution in [1.29, 1.82) is 0 Å². The number of benzene rings is 1. The number of nitrogens with one attached hydrogen (secondary N) is 1. The number of nitrogens with zero attached hydrogens (tertiary/aromatic N) is 1. The van der Waals surface area contributed by atoms with E-state index in [-0.39, 0.29) is 11.3 Å². The largest absolute Gasteiger partial charge is 0.507 e. The molecule has 5 nitrogen and oxygen atoms in total. The smallest absolute Gasteiger partial charge is 0.266 e. The lowest BCUT2D eigenvalue weighted by Gasteiger charge is -2.11. The van der Waals surface area contributed by atoms with Crippen molar-refractivity contribution in [3.63, 3.8) is 0 Å². The number of nitrogens with two attached hydrogens (primary N) is 1. The van der Waals surface area contributed by atoms with Gasteiger partial charge in [0.25, 0.3) is 5.56 Å². The van der Waals surface area contributed by atoms with E-state index in [1.54, 1.807) is 18.3 Å². The number of aromatic amines is 1. The molecule has 3 heterocycles. The third-order valence-corrected chi connectivity index (χ3v) is 5.00. The Bertz CT molecular complexity index is 1100. The van der Waals surface area contributed by atoms with Crippen molar-refractivity contribution in [2.75, 3.05) is 6.54 Å². The molecule has 3 aromatic heterocycles. The minimum atomic E-state index is -0.111. The van der Waals surface area contributed by atoms with Crippen molar-refractivity contribution in [2.24, 2.45) is 5.73 Å². The number of hydrogen-bond donors (Lipinski definition) is 3. The molecule has 6 heteroatoms. The first kappa shape index (κ1) is 14.9. The zero-order valence-electron chi connectivity index (χ0n) is 12.7. The highest BCUT2D eigenvalue weighted by Gasteiger charge is 2.15. The molecule has 0 spiro atoms. The van der Waals surface area contributed by atoms with Crippen LogP contribution in [0.4, 0.5) is 0 Å². The number of H-pyrrole nitrogens is 1. The van der Waals surface area contributed by atoms with Crippen LogP contribution >= 0.6 is 11.3 Å². The lowest BCUT2D eigenvalue weighted by Crippen LogP contribution is -2.05. The normalized spacial score (nSPS) is 11.4. The summed E-state index contributed by atoms with van der Waals surface area (Å²) in [6.45, 7) is 0.544. The maximum absolute atomic E-state index is 12.2. The standard InChI is InChI=1S/C18H15N3O2S/c19-7-5-11-2-1-10(9-20-11)15-14(22)4-3-13-16(15)12-6-8-24-17(12)18(23)21-13/h1-4,6,8-9,22H,5,7,19H2,(H,21,23). The second-order valence-corrected chi connectivity index (χ2v) is 6.49. The van der Waals surface area contributed by atoms with Crippen LogP contribution < -0.4 is 11.3 Å². The number of pyridine rings is 2. The molecule has 0 saturated heterocycles. The summed E-state index contributed by atoms with van der Waals surface area (Å²) >= 11 is 1.39. The maximum atomic E-state index is 12.2. The Morgan fingerprint density at radius 1 is 1.21 bits per heavy atom. The van der Waals surface area contributed by atoms with E-state index in [2.05, 4.69) is 9.97 Å². The molecule has 0 bridgehead atoms. The van der Waals surface area contributed by atoms with Gasteiger partial charge in [0.2, 0.25) is 0 Å². The average Bonchev–Trinajstić information content (AvgIpc) is 3.07. The average molecular weight is 337 g/mol. The third-order valence-electron chi connectivity index (χ3n) is 4.09. The lowest BCUT2D eigenvalue weighted by molar-refractivity contribution is 0.478. The van der Waals surface area contributed by atoms with Gasteiger partial charge in [0, 0.05) is 45.7 Å². The van der Waals surface area contributed by atoms with Crippen LogP contribution in [0.25, 0.3) is 32.1 Å². The van der Waals surface area contributed by atoms with Gasteiger partial charge < -0.3 is 15.8 Å². The van der Waals surface area contributed by atoms with Gasteiger partial charge in [-0.2, -0.15) is 0 Å². The molecule has 0 unspecified atom stereocenters. The summed E-state index contributed by atoms with van der Waals surface area (Å²) in [4.78, 5) is 19.5. The molecule has 0 aliphatic heterocycles. The van der Waals surface area contributed by atoms with Crippen LogP contribution in [0, 0.1) is 0 Å². The summed E-state index contributed by atoms with van der Waals surface area (Å²) in [5.41, 5.74) is 8.54. The minimum absolute atomic E-state index is 0.111. The quantitative estimate of drug-likeness (QED) is 0.536. The number of phenolic OH excluding ortho intramolecular Hbond substituents is 1. The minimum Gasteiger partial charge on any atom is -0.507 e. The highest BCUT2D eigenvalue weighted by atomic mass is 32.1. The Hall–Kier alpha value is -2.70. The molecule has 0 atom stereocenters. The summed E-state index contributed by atoms with van der Waals surface area (Å²) in [6.07, 6.45) is 2.45. The summed E-state index contributed by atoms with van der Waals surface area (Å²) in [7, 11) is 0. The van der Waals surface area contributed by atoms with Crippen molar-refractivity contribution in [1.82, 2.24) is 9.97 Å². The third kappa shape index (κ3) is 2.28.